The van der Waals surface area contributed by atoms with Gasteiger partial charge in [-0.3, -0.25) is 4.79 Å². The third-order valence-electron chi connectivity index (χ3n) is 4.60. The number of fused-ring (bicyclic) bond motifs is 1. The molecule has 0 aliphatic carbocycles. The average molecular weight is 434 g/mol. The minimum absolute atomic E-state index is 0.0321. The minimum atomic E-state index is -0.867. The number of ether oxygens (including phenoxy) is 1. The number of nitrogens with one attached hydrogen (secondary N) is 3. The van der Waals surface area contributed by atoms with Gasteiger partial charge in [0.15, 0.2) is 28.7 Å². The summed E-state index contributed by atoms with van der Waals surface area (Å²) in [5.74, 6) is -2.07. The Bertz CT molecular complexity index is 1120. The lowest BCUT2D eigenvalue weighted by molar-refractivity contribution is 0.0904. The molecule has 2 aromatic heterocycles. The normalized spacial score (nSPS) is 11.5. The number of carbonyl (C=O) groups excluding carboxylic acids is 1. The van der Waals surface area contributed by atoms with Crippen molar-refractivity contribution in [3.05, 3.63) is 41.7 Å². The zero-order chi connectivity index (χ0) is 22.8. The Hall–Kier alpha value is -3.47. The van der Waals surface area contributed by atoms with Crippen LogP contribution in [0.3, 0.4) is 0 Å². The van der Waals surface area contributed by atoms with Gasteiger partial charge in [-0.15, -0.1) is 5.10 Å². The first-order chi connectivity index (χ1) is 14.7. The number of hydrogen-bond donors (Lipinski definition) is 4. The van der Waals surface area contributed by atoms with Gasteiger partial charge in [-0.25, -0.2) is 18.3 Å². The maximum atomic E-state index is 14.0. The van der Waals surface area contributed by atoms with Gasteiger partial charge in [0.2, 0.25) is 0 Å². The smallest absolute Gasteiger partial charge is 0.271 e. The predicted octanol–water partition coefficient (Wildman–Crippen LogP) is 2.55. The van der Waals surface area contributed by atoms with Gasteiger partial charge < -0.3 is 25.8 Å². The lowest BCUT2D eigenvalue weighted by atomic mass is 9.95. The SMILES string of the molecule is CNc1cc(Nc2cc(F)cc(F)c2OC)nn2c(C(=O)NCC(C)(C)CO)cnc12. The summed E-state index contributed by atoms with van der Waals surface area (Å²) in [5, 5.41) is 22.3. The number of amides is 1. The van der Waals surface area contributed by atoms with Crippen molar-refractivity contribution in [2.24, 2.45) is 5.41 Å². The minimum Gasteiger partial charge on any atom is -0.492 e. The summed E-state index contributed by atoms with van der Waals surface area (Å²) in [7, 11) is 2.93. The van der Waals surface area contributed by atoms with Crippen LogP contribution in [-0.4, -0.2) is 52.9 Å². The molecule has 3 aromatic rings. The molecule has 0 saturated carbocycles. The van der Waals surface area contributed by atoms with Crippen LogP contribution in [0.2, 0.25) is 0 Å². The van der Waals surface area contributed by atoms with E-state index in [1.807, 2.05) is 13.8 Å². The van der Waals surface area contributed by atoms with Gasteiger partial charge in [0.25, 0.3) is 5.91 Å². The first-order valence-electron chi connectivity index (χ1n) is 9.44. The van der Waals surface area contributed by atoms with Crippen LogP contribution in [0.25, 0.3) is 5.65 Å². The van der Waals surface area contributed by atoms with E-state index in [1.54, 1.807) is 13.1 Å². The number of aliphatic hydroxyl groups excluding tert-OH is 1. The highest BCUT2D eigenvalue weighted by molar-refractivity contribution is 5.94. The standard InChI is InChI=1S/C20H24F2N6O3/c1-20(2,10-29)9-25-19(30)15-8-24-18-14(23-3)7-16(27-28(15)18)26-13-6-11(21)5-12(22)17(13)31-4/h5-8,23,29H,9-10H2,1-4H3,(H,25,30)(H,26,27). The van der Waals surface area contributed by atoms with Crippen molar-refractivity contribution in [2.45, 2.75) is 13.8 Å². The van der Waals surface area contributed by atoms with E-state index in [-0.39, 0.29) is 36.1 Å². The fourth-order valence-electron chi connectivity index (χ4n) is 2.83. The number of aliphatic hydroxyl groups is 1. The van der Waals surface area contributed by atoms with Gasteiger partial charge in [0, 0.05) is 43.8 Å². The molecule has 11 heteroatoms. The molecule has 1 aromatic carbocycles. The Labute approximate surface area is 177 Å². The van der Waals surface area contributed by atoms with Gasteiger partial charge in [-0.05, 0) is 0 Å². The molecule has 0 spiro atoms. The third-order valence-corrected chi connectivity index (χ3v) is 4.60. The highest BCUT2D eigenvalue weighted by Crippen LogP contribution is 2.32. The Morgan fingerprint density at radius 1 is 1.26 bits per heavy atom. The highest BCUT2D eigenvalue weighted by Gasteiger charge is 2.21. The summed E-state index contributed by atoms with van der Waals surface area (Å²) in [4.78, 5) is 16.9. The lowest BCUT2D eigenvalue weighted by Gasteiger charge is -2.21. The van der Waals surface area contributed by atoms with Crippen LogP contribution in [0.4, 0.5) is 26.0 Å². The highest BCUT2D eigenvalue weighted by atomic mass is 19.1. The number of imidazole rings is 1. The van der Waals surface area contributed by atoms with Crippen molar-refractivity contribution >= 4 is 28.7 Å². The van der Waals surface area contributed by atoms with Crippen molar-refractivity contribution < 1.29 is 23.4 Å². The molecule has 0 aliphatic rings. The molecule has 4 N–H and O–H groups in total. The summed E-state index contributed by atoms with van der Waals surface area (Å²) < 4.78 is 34.1. The number of hydrogen-bond acceptors (Lipinski definition) is 7. The molecule has 3 rings (SSSR count). The second-order valence-corrected chi connectivity index (χ2v) is 7.67. The fraction of sp³-hybridized carbons (Fsp3) is 0.350. The fourth-order valence-corrected chi connectivity index (χ4v) is 2.83. The van der Waals surface area contributed by atoms with E-state index in [4.69, 9.17) is 4.74 Å². The van der Waals surface area contributed by atoms with E-state index in [2.05, 4.69) is 26.0 Å². The van der Waals surface area contributed by atoms with Gasteiger partial charge >= 0.3 is 0 Å². The Morgan fingerprint density at radius 3 is 2.65 bits per heavy atom. The molecule has 0 fully saturated rings. The molecule has 0 atom stereocenters. The number of benzene rings is 1. The Morgan fingerprint density at radius 2 is 2.00 bits per heavy atom. The summed E-state index contributed by atoms with van der Waals surface area (Å²) in [6.07, 6.45) is 1.37. The molecule has 9 nitrogen and oxygen atoms in total. The Kier molecular flexibility index (Phi) is 6.25. The van der Waals surface area contributed by atoms with Gasteiger partial charge in [0.05, 0.1) is 24.7 Å². The first kappa shape index (κ1) is 22.2. The number of nitrogens with zero attached hydrogens (tertiary/aromatic N) is 3. The largest absolute Gasteiger partial charge is 0.492 e. The molecule has 0 radical (unpaired) electrons. The number of halogens is 2. The molecule has 31 heavy (non-hydrogen) atoms. The van der Waals surface area contributed by atoms with Gasteiger partial charge in [0.1, 0.15) is 5.82 Å². The van der Waals surface area contributed by atoms with Crippen LogP contribution in [-0.2, 0) is 0 Å². The van der Waals surface area contributed by atoms with E-state index in [1.165, 1.54) is 17.8 Å². The summed E-state index contributed by atoms with van der Waals surface area (Å²) in [5.41, 5.74) is 0.607. The van der Waals surface area contributed by atoms with Crippen LogP contribution in [0.5, 0.6) is 5.75 Å². The molecule has 0 aliphatic heterocycles. The Balaban J connectivity index is 2.00. The van der Waals surface area contributed by atoms with Crippen LogP contribution in [0, 0.1) is 17.0 Å². The van der Waals surface area contributed by atoms with Crippen molar-refractivity contribution in [3.8, 4) is 5.75 Å². The third kappa shape index (κ3) is 4.66. The summed E-state index contributed by atoms with van der Waals surface area (Å²) in [6.45, 7) is 3.77. The van der Waals surface area contributed by atoms with Crippen molar-refractivity contribution in [2.75, 3.05) is 37.9 Å². The summed E-state index contributed by atoms with van der Waals surface area (Å²) >= 11 is 0. The molecule has 2 heterocycles. The molecule has 1 amide bonds. The molecule has 0 saturated heterocycles. The van der Waals surface area contributed by atoms with E-state index < -0.39 is 23.0 Å². The zero-order valence-electron chi connectivity index (χ0n) is 17.6. The number of anilines is 3. The van der Waals surface area contributed by atoms with E-state index >= 15 is 0 Å². The summed E-state index contributed by atoms with van der Waals surface area (Å²) in [6, 6.07) is 3.37. The lowest BCUT2D eigenvalue weighted by Crippen LogP contribution is -2.36. The van der Waals surface area contributed by atoms with E-state index in [9.17, 15) is 18.7 Å². The maximum Gasteiger partial charge on any atom is 0.271 e. The molecular weight excluding hydrogens is 410 g/mol. The van der Waals surface area contributed by atoms with Gasteiger partial charge in [-0.1, -0.05) is 13.8 Å². The van der Waals surface area contributed by atoms with Crippen LogP contribution in [0.15, 0.2) is 24.4 Å². The van der Waals surface area contributed by atoms with E-state index in [0.717, 1.165) is 6.07 Å². The predicted molar refractivity (Wildman–Crippen MR) is 112 cm³/mol. The number of aromatic nitrogens is 3. The van der Waals surface area contributed by atoms with E-state index in [0.29, 0.717) is 17.4 Å². The van der Waals surface area contributed by atoms with Crippen LogP contribution in [0.1, 0.15) is 24.3 Å². The number of carbonyl (C=O) groups is 1. The molecule has 0 bridgehead atoms. The number of rotatable bonds is 8. The van der Waals surface area contributed by atoms with Crippen LogP contribution < -0.4 is 20.7 Å². The molecule has 166 valence electrons. The molecule has 0 unspecified atom stereocenters. The maximum absolute atomic E-state index is 14.0. The second-order valence-electron chi connectivity index (χ2n) is 7.67. The molecular formula is C20H24F2N6O3. The zero-order valence-corrected chi connectivity index (χ0v) is 17.6. The van der Waals surface area contributed by atoms with Crippen LogP contribution >= 0.6 is 0 Å². The average Bonchev–Trinajstić information content (AvgIpc) is 3.15. The van der Waals surface area contributed by atoms with Crippen molar-refractivity contribution in [3.63, 3.8) is 0 Å². The first-order valence-corrected chi connectivity index (χ1v) is 9.44. The second kappa shape index (κ2) is 8.72. The quantitative estimate of drug-likeness (QED) is 0.431. The van der Waals surface area contributed by atoms with Crippen molar-refractivity contribution in [1.82, 2.24) is 19.9 Å². The topological polar surface area (TPSA) is 113 Å². The van der Waals surface area contributed by atoms with Crippen molar-refractivity contribution in [1.29, 1.82) is 0 Å². The number of methoxy groups -OCH3 is 1. The monoisotopic (exact) mass is 434 g/mol. The van der Waals surface area contributed by atoms with Gasteiger partial charge in [-0.2, -0.15) is 0 Å².